The number of hydrogen-bond acceptors (Lipinski definition) is 2. The quantitative estimate of drug-likeness (QED) is 0.834. The lowest BCUT2D eigenvalue weighted by Gasteiger charge is -2.42. The van der Waals surface area contributed by atoms with Crippen LogP contribution < -0.4 is 0 Å². The van der Waals surface area contributed by atoms with Gasteiger partial charge in [-0.05, 0) is 48.8 Å². The Labute approximate surface area is 114 Å². The first kappa shape index (κ1) is 12.6. The Kier molecular flexibility index (Phi) is 2.86. The lowest BCUT2D eigenvalue weighted by atomic mass is 9.67. The van der Waals surface area contributed by atoms with Gasteiger partial charge in [-0.25, -0.2) is 0 Å². The second-order valence-electron chi connectivity index (χ2n) is 6.60. The predicted molar refractivity (Wildman–Crippen MR) is 77.9 cm³/mol. The van der Waals surface area contributed by atoms with Crippen molar-refractivity contribution in [3.05, 3.63) is 42.1 Å². The van der Waals surface area contributed by atoms with Gasteiger partial charge >= 0.3 is 0 Å². The minimum atomic E-state index is -0.704. The molecule has 100 valence electrons. The molecular weight excluding hydrogens is 234 g/mol. The van der Waals surface area contributed by atoms with E-state index in [9.17, 15) is 5.11 Å². The number of hydrogen-bond donors (Lipinski definition) is 1. The molecule has 1 fully saturated rings. The normalized spacial score (nSPS) is 26.5. The van der Waals surface area contributed by atoms with Crippen LogP contribution in [0.2, 0.25) is 0 Å². The van der Waals surface area contributed by atoms with E-state index in [0.29, 0.717) is 0 Å². The third-order valence-electron chi connectivity index (χ3n) is 4.36. The minimum Gasteiger partial charge on any atom is -0.385 e. The van der Waals surface area contributed by atoms with Crippen LogP contribution in [0.5, 0.6) is 0 Å². The average Bonchev–Trinajstić information content (AvgIpc) is 2.36. The van der Waals surface area contributed by atoms with Crippen LogP contribution in [0, 0.1) is 5.41 Å². The van der Waals surface area contributed by atoms with Crippen molar-refractivity contribution in [3.63, 3.8) is 0 Å². The molecule has 3 rings (SSSR count). The van der Waals surface area contributed by atoms with Crippen molar-refractivity contribution in [1.82, 2.24) is 4.98 Å². The number of fused-ring (bicyclic) bond motifs is 1. The Hall–Kier alpha value is -1.41. The van der Waals surface area contributed by atoms with Crippen LogP contribution in [-0.2, 0) is 5.60 Å². The Morgan fingerprint density at radius 3 is 2.74 bits per heavy atom. The highest BCUT2D eigenvalue weighted by molar-refractivity contribution is 5.82. The van der Waals surface area contributed by atoms with Gasteiger partial charge < -0.3 is 5.11 Å². The van der Waals surface area contributed by atoms with Crippen LogP contribution >= 0.6 is 0 Å². The van der Waals surface area contributed by atoms with E-state index in [2.05, 4.69) is 31.0 Å². The summed E-state index contributed by atoms with van der Waals surface area (Å²) in [5, 5.41) is 12.2. The summed E-state index contributed by atoms with van der Waals surface area (Å²) in [5.74, 6) is 0. The lowest BCUT2D eigenvalue weighted by molar-refractivity contribution is -0.0428. The topological polar surface area (TPSA) is 33.1 Å². The van der Waals surface area contributed by atoms with E-state index >= 15 is 0 Å². The molecule has 1 atom stereocenters. The summed E-state index contributed by atoms with van der Waals surface area (Å²) in [5.41, 5.74) is 1.52. The first-order valence-electron chi connectivity index (χ1n) is 7.07. The van der Waals surface area contributed by atoms with Gasteiger partial charge in [0, 0.05) is 11.6 Å². The summed E-state index contributed by atoms with van der Waals surface area (Å²) in [4.78, 5) is 4.39. The second kappa shape index (κ2) is 4.31. The van der Waals surface area contributed by atoms with Gasteiger partial charge in [0.1, 0.15) is 0 Å². The molecule has 1 saturated carbocycles. The number of benzene rings is 1. The zero-order valence-electron chi connectivity index (χ0n) is 11.7. The van der Waals surface area contributed by atoms with Crippen LogP contribution in [0.4, 0.5) is 0 Å². The molecule has 2 heteroatoms. The monoisotopic (exact) mass is 255 g/mol. The number of aromatic nitrogens is 1. The molecule has 0 spiro atoms. The maximum absolute atomic E-state index is 11.1. The van der Waals surface area contributed by atoms with Gasteiger partial charge in [-0.3, -0.25) is 4.98 Å². The number of nitrogens with zero attached hydrogens (tertiary/aromatic N) is 1. The summed E-state index contributed by atoms with van der Waals surface area (Å²) in [6, 6.07) is 10.1. The van der Waals surface area contributed by atoms with Gasteiger partial charge in [0.25, 0.3) is 0 Å². The van der Waals surface area contributed by atoms with Crippen molar-refractivity contribution < 1.29 is 5.11 Å². The molecule has 0 aliphatic heterocycles. The van der Waals surface area contributed by atoms with E-state index in [1.165, 1.54) is 6.42 Å². The zero-order valence-corrected chi connectivity index (χ0v) is 11.7. The molecule has 2 nitrogen and oxygen atoms in total. The molecule has 0 bridgehead atoms. The summed E-state index contributed by atoms with van der Waals surface area (Å²) in [6.45, 7) is 4.50. The molecule has 19 heavy (non-hydrogen) atoms. The smallest absolute Gasteiger partial charge is 0.0908 e. The third-order valence-corrected chi connectivity index (χ3v) is 4.36. The Morgan fingerprint density at radius 1 is 1.11 bits per heavy atom. The molecule has 1 aliphatic rings. The van der Waals surface area contributed by atoms with Crippen molar-refractivity contribution in [2.45, 2.75) is 45.1 Å². The fourth-order valence-corrected chi connectivity index (χ4v) is 3.57. The molecular formula is C17H21NO. The second-order valence-corrected chi connectivity index (χ2v) is 6.60. The Morgan fingerprint density at radius 2 is 1.95 bits per heavy atom. The lowest BCUT2D eigenvalue weighted by Crippen LogP contribution is -2.36. The fourth-order valence-electron chi connectivity index (χ4n) is 3.57. The summed E-state index contributed by atoms with van der Waals surface area (Å²) >= 11 is 0. The van der Waals surface area contributed by atoms with E-state index in [1.54, 1.807) is 6.20 Å². The van der Waals surface area contributed by atoms with Crippen molar-refractivity contribution in [3.8, 4) is 0 Å². The third kappa shape index (κ3) is 2.25. The minimum absolute atomic E-state index is 0.206. The standard InChI is InChI=1S/C17H21NO/c1-16(2)9-5-10-17(19,12-16)14-7-3-8-15-13(14)6-4-11-18-15/h3-4,6-8,11,19H,5,9-10,12H2,1-2H3. The molecule has 0 amide bonds. The molecule has 1 aromatic carbocycles. The largest absolute Gasteiger partial charge is 0.385 e. The van der Waals surface area contributed by atoms with Crippen LogP contribution in [0.1, 0.15) is 45.1 Å². The maximum Gasteiger partial charge on any atom is 0.0908 e. The number of aliphatic hydroxyl groups is 1. The van der Waals surface area contributed by atoms with Crippen molar-refractivity contribution in [2.75, 3.05) is 0 Å². The predicted octanol–water partition coefficient (Wildman–Crippen LogP) is 4.02. The SMILES string of the molecule is CC1(C)CCCC(O)(c2cccc3ncccc23)C1. The van der Waals surface area contributed by atoms with E-state index in [0.717, 1.165) is 35.7 Å². The summed E-state index contributed by atoms with van der Waals surface area (Å²) in [7, 11) is 0. The average molecular weight is 255 g/mol. The van der Waals surface area contributed by atoms with Gasteiger partial charge in [0.05, 0.1) is 11.1 Å². The van der Waals surface area contributed by atoms with Gasteiger partial charge in [-0.2, -0.15) is 0 Å². The van der Waals surface area contributed by atoms with E-state index in [1.807, 2.05) is 18.2 Å². The molecule has 0 radical (unpaired) electrons. The Balaban J connectivity index is 2.13. The van der Waals surface area contributed by atoms with Crippen LogP contribution in [0.25, 0.3) is 10.9 Å². The zero-order chi connectivity index (χ0) is 13.5. The summed E-state index contributed by atoms with van der Waals surface area (Å²) in [6.07, 6.45) is 5.76. The van der Waals surface area contributed by atoms with Gasteiger partial charge in [0.2, 0.25) is 0 Å². The highest BCUT2D eigenvalue weighted by atomic mass is 16.3. The molecule has 2 aromatic rings. The van der Waals surface area contributed by atoms with E-state index < -0.39 is 5.60 Å². The van der Waals surface area contributed by atoms with Crippen molar-refractivity contribution in [2.24, 2.45) is 5.41 Å². The first-order valence-corrected chi connectivity index (χ1v) is 7.07. The molecule has 1 N–H and O–H groups in total. The van der Waals surface area contributed by atoms with Gasteiger partial charge in [-0.1, -0.05) is 32.0 Å². The molecule has 0 saturated heterocycles. The molecule has 1 heterocycles. The molecule has 1 aromatic heterocycles. The van der Waals surface area contributed by atoms with Crippen LogP contribution in [0.3, 0.4) is 0 Å². The van der Waals surface area contributed by atoms with Crippen LogP contribution in [-0.4, -0.2) is 10.1 Å². The van der Waals surface area contributed by atoms with Crippen molar-refractivity contribution in [1.29, 1.82) is 0 Å². The molecule has 1 aliphatic carbocycles. The Bertz CT molecular complexity index is 600. The van der Waals surface area contributed by atoms with Crippen molar-refractivity contribution >= 4 is 10.9 Å². The first-order chi connectivity index (χ1) is 9.00. The molecule has 1 unspecified atom stereocenters. The highest BCUT2D eigenvalue weighted by Crippen LogP contribution is 2.47. The highest BCUT2D eigenvalue weighted by Gasteiger charge is 2.40. The van der Waals surface area contributed by atoms with Crippen LogP contribution in [0.15, 0.2) is 36.5 Å². The summed E-state index contributed by atoms with van der Waals surface area (Å²) < 4.78 is 0. The maximum atomic E-state index is 11.1. The van der Waals surface area contributed by atoms with Gasteiger partial charge in [0.15, 0.2) is 0 Å². The van der Waals surface area contributed by atoms with Gasteiger partial charge in [-0.15, -0.1) is 0 Å². The number of rotatable bonds is 1. The fraction of sp³-hybridized carbons (Fsp3) is 0.471. The number of pyridine rings is 1. The van der Waals surface area contributed by atoms with E-state index in [-0.39, 0.29) is 5.41 Å². The van der Waals surface area contributed by atoms with E-state index in [4.69, 9.17) is 0 Å².